The normalized spacial score (nSPS) is 13.9. The molecule has 3 rings (SSSR count). The molecule has 0 aliphatic carbocycles. The largest absolute Gasteiger partial charge is 0.366 e. The summed E-state index contributed by atoms with van der Waals surface area (Å²) in [5, 5.41) is 6.80. The van der Waals surface area contributed by atoms with Crippen LogP contribution in [0.3, 0.4) is 0 Å². The number of anilines is 1. The van der Waals surface area contributed by atoms with Gasteiger partial charge in [-0.25, -0.2) is 9.97 Å². The van der Waals surface area contributed by atoms with Crippen molar-refractivity contribution in [3.63, 3.8) is 0 Å². The van der Waals surface area contributed by atoms with E-state index in [1.165, 1.54) is 16.7 Å². The van der Waals surface area contributed by atoms with Gasteiger partial charge in [-0.3, -0.25) is 0 Å². The average Bonchev–Trinajstić information content (AvgIpc) is 2.46. The molecule has 1 aliphatic heterocycles. The molecule has 0 unspecified atom stereocenters. The minimum atomic E-state index is 0.657. The van der Waals surface area contributed by atoms with Crippen LogP contribution >= 0.6 is 15.9 Å². The average molecular weight is 333 g/mol. The summed E-state index contributed by atoms with van der Waals surface area (Å²) < 4.78 is 0.657. The summed E-state index contributed by atoms with van der Waals surface area (Å²) in [7, 11) is 0. The quantitative estimate of drug-likeness (QED) is 0.848. The zero-order valence-corrected chi connectivity index (χ0v) is 13.0. The number of benzene rings is 1. The molecule has 1 aromatic heterocycles. The zero-order chi connectivity index (χ0) is 13.9. The summed E-state index contributed by atoms with van der Waals surface area (Å²) in [6, 6.07) is 8.54. The maximum Gasteiger partial charge on any atom is 0.198 e. The molecule has 2 aromatic rings. The standard InChI is InChI=1S/C15H17BrN4/c1-10-2-4-11(5-3-10)8-18-14-12-9-17-7-6-13(12)19-15(16)20-14/h2-5,17H,6-9H2,1H3,(H,18,19,20). The summed E-state index contributed by atoms with van der Waals surface area (Å²) in [5.41, 5.74) is 4.85. The predicted molar refractivity (Wildman–Crippen MR) is 83.6 cm³/mol. The summed E-state index contributed by atoms with van der Waals surface area (Å²) in [4.78, 5) is 8.94. The van der Waals surface area contributed by atoms with Crippen LogP contribution < -0.4 is 10.6 Å². The first-order chi connectivity index (χ1) is 9.72. The third kappa shape index (κ3) is 2.99. The second-order valence-corrected chi connectivity index (χ2v) is 5.74. The van der Waals surface area contributed by atoms with Gasteiger partial charge in [0.05, 0.1) is 5.69 Å². The lowest BCUT2D eigenvalue weighted by Gasteiger charge is -2.19. The number of hydrogen-bond donors (Lipinski definition) is 2. The van der Waals surface area contributed by atoms with E-state index < -0.39 is 0 Å². The van der Waals surface area contributed by atoms with Gasteiger partial charge < -0.3 is 10.6 Å². The fourth-order valence-electron chi connectivity index (χ4n) is 2.35. The van der Waals surface area contributed by atoms with Crippen molar-refractivity contribution in [3.05, 3.63) is 51.4 Å². The third-order valence-electron chi connectivity index (χ3n) is 3.49. The van der Waals surface area contributed by atoms with E-state index >= 15 is 0 Å². The summed E-state index contributed by atoms with van der Waals surface area (Å²) in [5.74, 6) is 0.926. The van der Waals surface area contributed by atoms with E-state index in [0.29, 0.717) is 4.73 Å². The molecule has 1 aliphatic rings. The van der Waals surface area contributed by atoms with Crippen LogP contribution in [-0.2, 0) is 19.5 Å². The summed E-state index contributed by atoms with van der Waals surface area (Å²) >= 11 is 3.39. The lowest BCUT2D eigenvalue weighted by atomic mass is 10.1. The molecule has 0 bridgehead atoms. The second-order valence-electron chi connectivity index (χ2n) is 5.03. The molecule has 0 radical (unpaired) electrons. The number of aryl methyl sites for hydroxylation is 1. The summed E-state index contributed by atoms with van der Waals surface area (Å²) in [6.45, 7) is 4.68. The smallest absolute Gasteiger partial charge is 0.198 e. The Morgan fingerprint density at radius 3 is 2.85 bits per heavy atom. The van der Waals surface area contributed by atoms with Gasteiger partial charge in [0.25, 0.3) is 0 Å². The predicted octanol–water partition coefficient (Wildman–Crippen LogP) is 2.81. The molecule has 20 heavy (non-hydrogen) atoms. The van der Waals surface area contributed by atoms with Crippen LogP contribution in [0.1, 0.15) is 22.4 Å². The highest BCUT2D eigenvalue weighted by molar-refractivity contribution is 9.10. The van der Waals surface area contributed by atoms with Crippen molar-refractivity contribution in [2.24, 2.45) is 0 Å². The van der Waals surface area contributed by atoms with Crippen molar-refractivity contribution in [1.82, 2.24) is 15.3 Å². The van der Waals surface area contributed by atoms with E-state index in [0.717, 1.165) is 37.6 Å². The fourth-order valence-corrected chi connectivity index (χ4v) is 2.74. The third-order valence-corrected chi connectivity index (χ3v) is 3.84. The first-order valence-electron chi connectivity index (χ1n) is 6.78. The Hall–Kier alpha value is -1.46. The van der Waals surface area contributed by atoms with Gasteiger partial charge >= 0.3 is 0 Å². The van der Waals surface area contributed by atoms with Gasteiger partial charge in [-0.05, 0) is 28.4 Å². The van der Waals surface area contributed by atoms with Gasteiger partial charge in [0.2, 0.25) is 0 Å². The molecule has 0 spiro atoms. The van der Waals surface area contributed by atoms with E-state index in [4.69, 9.17) is 0 Å². The second kappa shape index (κ2) is 5.89. The monoisotopic (exact) mass is 332 g/mol. The molecule has 0 amide bonds. The maximum absolute atomic E-state index is 4.47. The highest BCUT2D eigenvalue weighted by Gasteiger charge is 2.16. The van der Waals surface area contributed by atoms with Crippen LogP contribution in [0, 0.1) is 6.92 Å². The first kappa shape index (κ1) is 13.5. The van der Waals surface area contributed by atoms with Gasteiger partial charge in [-0.15, -0.1) is 0 Å². The number of aromatic nitrogens is 2. The zero-order valence-electron chi connectivity index (χ0n) is 11.4. The number of rotatable bonds is 3. The van der Waals surface area contributed by atoms with Crippen molar-refractivity contribution in [2.75, 3.05) is 11.9 Å². The van der Waals surface area contributed by atoms with Gasteiger partial charge in [-0.1, -0.05) is 29.8 Å². The molecular weight excluding hydrogens is 316 g/mol. The number of nitrogens with one attached hydrogen (secondary N) is 2. The Morgan fingerprint density at radius 1 is 1.25 bits per heavy atom. The van der Waals surface area contributed by atoms with Crippen molar-refractivity contribution in [1.29, 1.82) is 0 Å². The molecule has 104 valence electrons. The summed E-state index contributed by atoms with van der Waals surface area (Å²) in [6.07, 6.45) is 0.954. The molecule has 5 heteroatoms. The number of nitrogens with zero attached hydrogens (tertiary/aromatic N) is 2. The highest BCUT2D eigenvalue weighted by Crippen LogP contribution is 2.22. The lowest BCUT2D eigenvalue weighted by Crippen LogP contribution is -2.26. The molecule has 2 N–H and O–H groups in total. The minimum absolute atomic E-state index is 0.657. The van der Waals surface area contributed by atoms with Gasteiger partial charge in [0.15, 0.2) is 4.73 Å². The lowest BCUT2D eigenvalue weighted by molar-refractivity contribution is 0.625. The van der Waals surface area contributed by atoms with Gasteiger partial charge in [0, 0.05) is 31.6 Å². The number of halogens is 1. The van der Waals surface area contributed by atoms with Crippen LogP contribution in [0.2, 0.25) is 0 Å². The highest BCUT2D eigenvalue weighted by atomic mass is 79.9. The van der Waals surface area contributed by atoms with Crippen molar-refractivity contribution in [2.45, 2.75) is 26.4 Å². The molecule has 0 saturated carbocycles. The fraction of sp³-hybridized carbons (Fsp3) is 0.333. The Morgan fingerprint density at radius 2 is 2.05 bits per heavy atom. The molecule has 0 saturated heterocycles. The topological polar surface area (TPSA) is 49.8 Å². The Labute approximate surface area is 127 Å². The number of hydrogen-bond acceptors (Lipinski definition) is 4. The Bertz CT molecular complexity index is 610. The van der Waals surface area contributed by atoms with Crippen LogP contribution in [-0.4, -0.2) is 16.5 Å². The van der Waals surface area contributed by atoms with Crippen molar-refractivity contribution in [3.8, 4) is 0 Å². The minimum Gasteiger partial charge on any atom is -0.366 e. The van der Waals surface area contributed by atoms with Crippen LogP contribution in [0.25, 0.3) is 0 Å². The Balaban J connectivity index is 1.80. The maximum atomic E-state index is 4.47. The van der Waals surface area contributed by atoms with Crippen LogP contribution in [0.5, 0.6) is 0 Å². The van der Waals surface area contributed by atoms with E-state index in [1.54, 1.807) is 0 Å². The molecule has 4 nitrogen and oxygen atoms in total. The Kier molecular flexibility index (Phi) is 3.98. The van der Waals surface area contributed by atoms with Crippen molar-refractivity contribution >= 4 is 21.7 Å². The van der Waals surface area contributed by atoms with E-state index in [9.17, 15) is 0 Å². The van der Waals surface area contributed by atoms with E-state index in [1.807, 2.05) is 0 Å². The van der Waals surface area contributed by atoms with Gasteiger partial charge in [-0.2, -0.15) is 0 Å². The van der Waals surface area contributed by atoms with Crippen molar-refractivity contribution < 1.29 is 0 Å². The van der Waals surface area contributed by atoms with E-state index in [2.05, 4.69) is 67.7 Å². The molecule has 1 aromatic carbocycles. The molecule has 2 heterocycles. The first-order valence-corrected chi connectivity index (χ1v) is 7.57. The van der Waals surface area contributed by atoms with Gasteiger partial charge in [0.1, 0.15) is 5.82 Å². The SMILES string of the molecule is Cc1ccc(CNc2nc(Br)nc3c2CNCC3)cc1. The number of fused-ring (bicyclic) bond motifs is 1. The molecule has 0 atom stereocenters. The van der Waals surface area contributed by atoms with Crippen LogP contribution in [0.15, 0.2) is 29.0 Å². The van der Waals surface area contributed by atoms with E-state index in [-0.39, 0.29) is 0 Å². The molecule has 0 fully saturated rings. The van der Waals surface area contributed by atoms with Crippen LogP contribution in [0.4, 0.5) is 5.82 Å². The molecular formula is C15H17BrN4.